The first-order valence-electron chi connectivity index (χ1n) is 5.47. The topological polar surface area (TPSA) is 50.8 Å². The van der Waals surface area contributed by atoms with Crippen molar-refractivity contribution in [2.75, 3.05) is 0 Å². The fourth-order valence-electron chi connectivity index (χ4n) is 1.80. The van der Waals surface area contributed by atoms with E-state index in [1.165, 1.54) is 12.1 Å². The largest absolute Gasteiger partial charge is 0.438 e. The second-order valence-electron chi connectivity index (χ2n) is 3.92. The Morgan fingerprint density at radius 2 is 2.17 bits per heavy atom. The van der Waals surface area contributed by atoms with Gasteiger partial charge in [-0.2, -0.15) is 5.10 Å². The van der Waals surface area contributed by atoms with E-state index in [1.54, 1.807) is 24.4 Å². The Labute approximate surface area is 102 Å². The van der Waals surface area contributed by atoms with E-state index in [0.29, 0.717) is 11.6 Å². The molecule has 0 aliphatic rings. The molecule has 2 heterocycles. The van der Waals surface area contributed by atoms with Gasteiger partial charge in [-0.1, -0.05) is 6.07 Å². The number of aromatic amines is 1. The van der Waals surface area contributed by atoms with Crippen molar-refractivity contribution in [1.29, 1.82) is 0 Å². The van der Waals surface area contributed by atoms with Gasteiger partial charge in [0.1, 0.15) is 11.6 Å². The molecule has 3 rings (SSSR count). The van der Waals surface area contributed by atoms with Crippen molar-refractivity contribution in [2.24, 2.45) is 0 Å². The lowest BCUT2D eigenvalue weighted by molar-refractivity contribution is 0.464. The lowest BCUT2D eigenvalue weighted by atomic mass is 10.2. The van der Waals surface area contributed by atoms with Crippen molar-refractivity contribution < 1.29 is 9.13 Å². The van der Waals surface area contributed by atoms with Gasteiger partial charge in [-0.15, -0.1) is 0 Å². The third-order valence-electron chi connectivity index (χ3n) is 2.62. The summed E-state index contributed by atoms with van der Waals surface area (Å²) in [4.78, 5) is 4.16. The second-order valence-corrected chi connectivity index (χ2v) is 3.92. The number of halogens is 1. The van der Waals surface area contributed by atoms with Crippen LogP contribution in [0.4, 0.5) is 4.39 Å². The van der Waals surface area contributed by atoms with E-state index < -0.39 is 0 Å². The smallest absolute Gasteiger partial charge is 0.230 e. The van der Waals surface area contributed by atoms with Crippen LogP contribution >= 0.6 is 0 Å². The highest BCUT2D eigenvalue weighted by Gasteiger charge is 2.10. The minimum absolute atomic E-state index is 0.344. The third kappa shape index (κ3) is 1.79. The van der Waals surface area contributed by atoms with Gasteiger partial charge in [-0.3, -0.25) is 5.10 Å². The number of hydrogen-bond donors (Lipinski definition) is 1. The SMILES string of the molecule is Cc1[nH]nc2ccnc(Oc3cccc(F)c3)c12. The van der Waals surface area contributed by atoms with Gasteiger partial charge in [-0.05, 0) is 25.1 Å². The molecule has 0 atom stereocenters. The molecule has 0 aliphatic heterocycles. The average Bonchev–Trinajstić information content (AvgIpc) is 2.72. The quantitative estimate of drug-likeness (QED) is 0.752. The number of benzene rings is 1. The molecule has 0 bridgehead atoms. The van der Waals surface area contributed by atoms with Crippen molar-refractivity contribution in [2.45, 2.75) is 6.92 Å². The van der Waals surface area contributed by atoms with E-state index in [0.717, 1.165) is 16.6 Å². The predicted molar refractivity (Wildman–Crippen MR) is 65.1 cm³/mol. The zero-order chi connectivity index (χ0) is 12.5. The molecule has 0 spiro atoms. The zero-order valence-electron chi connectivity index (χ0n) is 9.64. The van der Waals surface area contributed by atoms with Gasteiger partial charge in [0.05, 0.1) is 10.9 Å². The molecule has 18 heavy (non-hydrogen) atoms. The van der Waals surface area contributed by atoms with E-state index in [-0.39, 0.29) is 5.82 Å². The summed E-state index contributed by atoms with van der Waals surface area (Å²) in [5.74, 6) is 0.489. The molecule has 0 fully saturated rings. The molecule has 2 aromatic heterocycles. The number of rotatable bonds is 2. The first kappa shape index (κ1) is 10.7. The summed E-state index contributed by atoms with van der Waals surface area (Å²) in [6.45, 7) is 1.88. The fourth-order valence-corrected chi connectivity index (χ4v) is 1.80. The molecule has 0 aliphatic carbocycles. The summed E-state index contributed by atoms with van der Waals surface area (Å²) >= 11 is 0. The highest BCUT2D eigenvalue weighted by atomic mass is 19.1. The van der Waals surface area contributed by atoms with Crippen molar-refractivity contribution in [3.8, 4) is 11.6 Å². The maximum atomic E-state index is 13.1. The van der Waals surface area contributed by atoms with E-state index in [2.05, 4.69) is 15.2 Å². The lowest BCUT2D eigenvalue weighted by Gasteiger charge is -2.05. The summed E-state index contributed by atoms with van der Waals surface area (Å²) in [5.41, 5.74) is 1.64. The Morgan fingerprint density at radius 3 is 3.00 bits per heavy atom. The van der Waals surface area contributed by atoms with E-state index in [9.17, 15) is 4.39 Å². The van der Waals surface area contributed by atoms with Gasteiger partial charge in [-0.25, -0.2) is 9.37 Å². The van der Waals surface area contributed by atoms with Crippen LogP contribution in [0.3, 0.4) is 0 Å². The van der Waals surface area contributed by atoms with Gasteiger partial charge in [0.2, 0.25) is 5.88 Å². The molecule has 1 N–H and O–H groups in total. The molecule has 0 saturated heterocycles. The molecular weight excluding hydrogens is 233 g/mol. The zero-order valence-corrected chi connectivity index (χ0v) is 9.64. The number of ether oxygens (including phenoxy) is 1. The van der Waals surface area contributed by atoms with E-state index in [1.807, 2.05) is 6.92 Å². The van der Waals surface area contributed by atoms with Crippen LogP contribution in [-0.2, 0) is 0 Å². The molecule has 0 unspecified atom stereocenters. The maximum absolute atomic E-state index is 13.1. The number of aryl methyl sites for hydroxylation is 1. The monoisotopic (exact) mass is 243 g/mol. The molecule has 0 radical (unpaired) electrons. The number of hydrogen-bond acceptors (Lipinski definition) is 3. The van der Waals surface area contributed by atoms with Crippen LogP contribution in [0.1, 0.15) is 5.69 Å². The Morgan fingerprint density at radius 1 is 1.28 bits per heavy atom. The number of nitrogens with one attached hydrogen (secondary N) is 1. The summed E-state index contributed by atoms with van der Waals surface area (Å²) in [7, 11) is 0. The number of fused-ring (bicyclic) bond motifs is 1. The van der Waals surface area contributed by atoms with Crippen LogP contribution in [0.5, 0.6) is 11.6 Å². The summed E-state index contributed by atoms with van der Waals surface area (Å²) < 4.78 is 18.7. The van der Waals surface area contributed by atoms with Crippen molar-refractivity contribution in [3.05, 3.63) is 48.0 Å². The van der Waals surface area contributed by atoms with Gasteiger partial charge in [0.25, 0.3) is 0 Å². The molecule has 0 amide bonds. The van der Waals surface area contributed by atoms with E-state index >= 15 is 0 Å². The molecule has 3 aromatic rings. The van der Waals surface area contributed by atoms with Gasteiger partial charge >= 0.3 is 0 Å². The number of pyridine rings is 1. The highest BCUT2D eigenvalue weighted by Crippen LogP contribution is 2.28. The first-order chi connectivity index (χ1) is 8.74. The van der Waals surface area contributed by atoms with Crippen LogP contribution in [-0.4, -0.2) is 15.2 Å². The summed E-state index contributed by atoms with van der Waals surface area (Å²) in [6, 6.07) is 7.74. The normalized spacial score (nSPS) is 10.8. The van der Waals surface area contributed by atoms with Crippen molar-refractivity contribution in [1.82, 2.24) is 15.2 Å². The molecule has 90 valence electrons. The van der Waals surface area contributed by atoms with Gasteiger partial charge in [0, 0.05) is 18.0 Å². The fraction of sp³-hybridized carbons (Fsp3) is 0.0769. The number of aromatic nitrogens is 3. The minimum atomic E-state index is -0.344. The predicted octanol–water partition coefficient (Wildman–Crippen LogP) is 3.20. The Bertz CT molecular complexity index is 708. The second kappa shape index (κ2) is 4.10. The highest BCUT2D eigenvalue weighted by molar-refractivity contribution is 5.85. The average molecular weight is 243 g/mol. The van der Waals surface area contributed by atoms with Crippen LogP contribution in [0.25, 0.3) is 10.9 Å². The summed E-state index contributed by atoms with van der Waals surface area (Å²) in [5, 5.41) is 7.80. The standard InChI is InChI=1S/C13H10FN3O/c1-8-12-11(17-16-8)5-6-15-13(12)18-10-4-2-3-9(14)7-10/h2-7H,1H3,(H,16,17). The van der Waals surface area contributed by atoms with Crippen LogP contribution in [0.15, 0.2) is 36.5 Å². The van der Waals surface area contributed by atoms with Gasteiger partial charge in [0.15, 0.2) is 0 Å². The Balaban J connectivity index is 2.07. The van der Waals surface area contributed by atoms with Crippen molar-refractivity contribution in [3.63, 3.8) is 0 Å². The molecule has 1 aromatic carbocycles. The van der Waals surface area contributed by atoms with Crippen LogP contribution in [0, 0.1) is 12.7 Å². The van der Waals surface area contributed by atoms with Gasteiger partial charge < -0.3 is 4.74 Å². The molecule has 0 saturated carbocycles. The van der Waals surface area contributed by atoms with Crippen LogP contribution in [0.2, 0.25) is 0 Å². The number of H-pyrrole nitrogens is 1. The Kier molecular flexibility index (Phi) is 2.44. The molecule has 4 nitrogen and oxygen atoms in total. The number of nitrogens with zero attached hydrogens (tertiary/aromatic N) is 2. The van der Waals surface area contributed by atoms with E-state index in [4.69, 9.17) is 4.74 Å². The molecular formula is C13H10FN3O. The van der Waals surface area contributed by atoms with Crippen LogP contribution < -0.4 is 4.74 Å². The van der Waals surface area contributed by atoms with Crippen molar-refractivity contribution >= 4 is 10.9 Å². The Hall–Kier alpha value is -2.43. The summed E-state index contributed by atoms with van der Waals surface area (Å²) in [6.07, 6.45) is 1.61. The lowest BCUT2D eigenvalue weighted by Crippen LogP contribution is -1.89. The first-order valence-corrected chi connectivity index (χ1v) is 5.47. The minimum Gasteiger partial charge on any atom is -0.438 e. The third-order valence-corrected chi connectivity index (χ3v) is 2.62. The molecule has 5 heteroatoms. The maximum Gasteiger partial charge on any atom is 0.230 e.